The van der Waals surface area contributed by atoms with Gasteiger partial charge < -0.3 is 14.2 Å². The van der Waals surface area contributed by atoms with Crippen molar-refractivity contribution in [2.75, 3.05) is 13.7 Å². The molecule has 0 amide bonds. The summed E-state index contributed by atoms with van der Waals surface area (Å²) >= 11 is 0. The zero-order chi connectivity index (χ0) is 9.52. The molecule has 0 aliphatic rings. The Morgan fingerprint density at radius 2 is 2.08 bits per heavy atom. The van der Waals surface area contributed by atoms with Gasteiger partial charge >= 0.3 is 0 Å². The molecule has 0 aliphatic heterocycles. The van der Waals surface area contributed by atoms with E-state index >= 15 is 0 Å². The number of methoxy groups -OCH3 is 1. The van der Waals surface area contributed by atoms with Crippen LogP contribution in [0.1, 0.15) is 11.7 Å². The van der Waals surface area contributed by atoms with Crippen molar-refractivity contribution in [2.24, 2.45) is 0 Å². The molecule has 0 fully saturated rings. The second-order valence-corrected chi connectivity index (χ2v) is 3.01. The molecule has 3 nitrogen and oxygen atoms in total. The van der Waals surface area contributed by atoms with E-state index in [1.165, 1.54) is 0 Å². The minimum Gasteiger partial charge on any atom is -0.374 e. The minimum absolute atomic E-state index is 0.0964. The Bertz CT molecular complexity index is 228. The van der Waals surface area contributed by atoms with Crippen LogP contribution in [-0.2, 0) is 9.26 Å². The fourth-order valence-corrected chi connectivity index (χ4v) is 1.31. The van der Waals surface area contributed by atoms with Crippen LogP contribution in [0.5, 0.6) is 0 Å². The van der Waals surface area contributed by atoms with Crippen molar-refractivity contribution in [1.29, 1.82) is 0 Å². The highest BCUT2D eigenvalue weighted by atomic mass is 31.1. The van der Waals surface area contributed by atoms with E-state index in [1.807, 2.05) is 30.3 Å². The lowest BCUT2D eigenvalue weighted by Gasteiger charge is -2.14. The zero-order valence-electron chi connectivity index (χ0n) is 7.43. The van der Waals surface area contributed by atoms with Gasteiger partial charge in [-0.1, -0.05) is 30.3 Å². The number of rotatable bonds is 5. The summed E-state index contributed by atoms with van der Waals surface area (Å²) in [6, 6.07) is 9.78. The Balaban J connectivity index is 2.56. The number of ether oxygens (including phenoxy) is 1. The van der Waals surface area contributed by atoms with E-state index in [9.17, 15) is 0 Å². The molecule has 1 aromatic carbocycles. The summed E-state index contributed by atoms with van der Waals surface area (Å²) in [5, 5.41) is 0. The predicted octanol–water partition coefficient (Wildman–Crippen LogP) is 1.89. The van der Waals surface area contributed by atoms with Crippen molar-refractivity contribution in [2.45, 2.75) is 6.10 Å². The van der Waals surface area contributed by atoms with Gasteiger partial charge in [0.1, 0.15) is 6.10 Å². The van der Waals surface area contributed by atoms with Gasteiger partial charge in [0.25, 0.3) is 0 Å². The average Bonchev–Trinajstić information content (AvgIpc) is 2.21. The van der Waals surface area contributed by atoms with E-state index in [2.05, 4.69) is 0 Å². The normalized spacial score (nSPS) is 13.7. The molecule has 1 N–H and O–H groups in total. The summed E-state index contributed by atoms with van der Waals surface area (Å²) in [5.41, 5.74) is 1.06. The summed E-state index contributed by atoms with van der Waals surface area (Å²) in [6.07, 6.45) is -0.0964. The number of hydrogen-bond donors (Lipinski definition) is 1. The molecular weight excluding hydrogens is 187 g/mol. The lowest BCUT2D eigenvalue weighted by atomic mass is 10.1. The maximum atomic E-state index is 8.51. The third-order valence-corrected chi connectivity index (χ3v) is 2.05. The molecule has 4 heteroatoms. The van der Waals surface area contributed by atoms with E-state index < -0.39 is 9.03 Å². The largest absolute Gasteiger partial charge is 0.374 e. The summed E-state index contributed by atoms with van der Waals surface area (Å²) in [4.78, 5) is 8.51. The quantitative estimate of drug-likeness (QED) is 0.737. The molecule has 2 atom stereocenters. The fourth-order valence-electron chi connectivity index (χ4n) is 1.08. The van der Waals surface area contributed by atoms with Crippen LogP contribution in [-0.4, -0.2) is 18.6 Å². The van der Waals surface area contributed by atoms with Gasteiger partial charge in [-0.3, -0.25) is 0 Å². The molecule has 1 rings (SSSR count). The van der Waals surface area contributed by atoms with Gasteiger partial charge in [-0.05, 0) is 5.56 Å². The van der Waals surface area contributed by atoms with Crippen molar-refractivity contribution >= 4 is 9.03 Å². The Morgan fingerprint density at radius 1 is 1.38 bits per heavy atom. The molecule has 0 heterocycles. The van der Waals surface area contributed by atoms with Gasteiger partial charge in [0.2, 0.25) is 0 Å². The summed E-state index contributed by atoms with van der Waals surface area (Å²) in [6.45, 7) is 0.384. The van der Waals surface area contributed by atoms with Crippen LogP contribution in [0.25, 0.3) is 0 Å². The third-order valence-electron chi connectivity index (χ3n) is 1.76. The first-order valence-corrected chi connectivity index (χ1v) is 4.82. The average molecular weight is 200 g/mol. The van der Waals surface area contributed by atoms with E-state index in [0.717, 1.165) is 5.56 Å². The molecule has 0 spiro atoms. The molecule has 72 valence electrons. The monoisotopic (exact) mass is 200 g/mol. The first kappa shape index (κ1) is 10.6. The SMILES string of the molecule is COC(COPO)c1ccccc1. The van der Waals surface area contributed by atoms with Crippen LogP contribution >= 0.6 is 9.03 Å². The van der Waals surface area contributed by atoms with E-state index in [-0.39, 0.29) is 6.10 Å². The molecule has 0 aliphatic carbocycles. The smallest absolute Gasteiger partial charge is 0.152 e. The minimum atomic E-state index is -0.482. The fraction of sp³-hybridized carbons (Fsp3) is 0.333. The van der Waals surface area contributed by atoms with Crippen LogP contribution in [0.15, 0.2) is 30.3 Å². The lowest BCUT2D eigenvalue weighted by molar-refractivity contribution is 0.0602. The second-order valence-electron chi connectivity index (χ2n) is 2.54. The summed E-state index contributed by atoms with van der Waals surface area (Å²) in [7, 11) is 1.14. The number of benzene rings is 1. The van der Waals surface area contributed by atoms with Gasteiger partial charge in [0.15, 0.2) is 9.03 Å². The van der Waals surface area contributed by atoms with Crippen molar-refractivity contribution in [3.8, 4) is 0 Å². The molecule has 2 unspecified atom stereocenters. The first-order valence-electron chi connectivity index (χ1n) is 3.97. The Labute approximate surface area is 79.6 Å². The highest BCUT2D eigenvalue weighted by Crippen LogP contribution is 2.19. The molecule has 1 aromatic rings. The molecule has 0 aromatic heterocycles. The van der Waals surface area contributed by atoms with Gasteiger partial charge in [-0.2, -0.15) is 0 Å². The van der Waals surface area contributed by atoms with Gasteiger partial charge in [0, 0.05) is 7.11 Å². The van der Waals surface area contributed by atoms with Crippen molar-refractivity contribution in [3.05, 3.63) is 35.9 Å². The van der Waals surface area contributed by atoms with Gasteiger partial charge in [-0.25, -0.2) is 0 Å². The highest BCUT2D eigenvalue weighted by Gasteiger charge is 2.09. The topological polar surface area (TPSA) is 38.7 Å². The predicted molar refractivity (Wildman–Crippen MR) is 52.7 cm³/mol. The second kappa shape index (κ2) is 6.06. The molecule has 0 saturated heterocycles. The van der Waals surface area contributed by atoms with Gasteiger partial charge in [0.05, 0.1) is 6.61 Å². The first-order chi connectivity index (χ1) is 6.38. The maximum Gasteiger partial charge on any atom is 0.152 e. The third kappa shape index (κ3) is 3.41. The Hall–Kier alpha value is -0.470. The molecule has 0 bridgehead atoms. The van der Waals surface area contributed by atoms with Crippen LogP contribution in [0, 0.1) is 0 Å². The van der Waals surface area contributed by atoms with Crippen LogP contribution in [0.3, 0.4) is 0 Å². The van der Waals surface area contributed by atoms with Crippen molar-refractivity contribution in [3.63, 3.8) is 0 Å². The molecule has 0 saturated carbocycles. The van der Waals surface area contributed by atoms with E-state index in [4.69, 9.17) is 14.2 Å². The molecule has 13 heavy (non-hydrogen) atoms. The summed E-state index contributed by atoms with van der Waals surface area (Å²) in [5.74, 6) is 0. The zero-order valence-corrected chi connectivity index (χ0v) is 8.43. The van der Waals surface area contributed by atoms with Crippen LogP contribution in [0.2, 0.25) is 0 Å². The maximum absolute atomic E-state index is 8.51. The molecule has 0 radical (unpaired) electrons. The van der Waals surface area contributed by atoms with Crippen molar-refractivity contribution in [1.82, 2.24) is 0 Å². The van der Waals surface area contributed by atoms with E-state index in [0.29, 0.717) is 6.61 Å². The Morgan fingerprint density at radius 3 is 2.62 bits per heavy atom. The van der Waals surface area contributed by atoms with Crippen LogP contribution in [0.4, 0.5) is 0 Å². The van der Waals surface area contributed by atoms with Crippen LogP contribution < -0.4 is 0 Å². The summed E-state index contributed by atoms with van der Waals surface area (Å²) < 4.78 is 10.1. The van der Waals surface area contributed by atoms with Crippen molar-refractivity contribution < 1.29 is 14.2 Å². The lowest BCUT2D eigenvalue weighted by Crippen LogP contribution is -2.06. The Kier molecular flexibility index (Phi) is 4.94. The standard InChI is InChI=1S/C9H13O3P/c1-11-9(7-12-13-10)8-5-3-2-4-6-8/h2-6,9-10,13H,7H2,1H3. The molecular formula is C9H13O3P. The number of hydrogen-bond acceptors (Lipinski definition) is 3. The highest BCUT2D eigenvalue weighted by molar-refractivity contribution is 7.24. The van der Waals surface area contributed by atoms with E-state index in [1.54, 1.807) is 7.11 Å². The van der Waals surface area contributed by atoms with Gasteiger partial charge in [-0.15, -0.1) is 0 Å².